The molecular weight excluding hydrogens is 348 g/mol. The molecule has 0 bridgehead atoms. The van der Waals surface area contributed by atoms with Crippen LogP contribution in [0.4, 0.5) is 0 Å². The zero-order valence-electron chi connectivity index (χ0n) is 15.1. The van der Waals surface area contributed by atoms with Gasteiger partial charge in [-0.15, -0.1) is 0 Å². The van der Waals surface area contributed by atoms with Crippen molar-refractivity contribution in [1.29, 1.82) is 0 Å². The van der Waals surface area contributed by atoms with E-state index >= 15 is 0 Å². The fraction of sp³-hybridized carbons (Fsp3) is 0.350. The molecule has 0 atom stereocenters. The topological polar surface area (TPSA) is 75.3 Å². The van der Waals surface area contributed by atoms with Crippen LogP contribution in [0.1, 0.15) is 36.8 Å². The Labute approximate surface area is 155 Å². The second-order valence-corrected chi connectivity index (χ2v) is 8.05. The second kappa shape index (κ2) is 10.1. The molecule has 0 unspecified atom stereocenters. The normalized spacial score (nSPS) is 11.3. The average Bonchev–Trinajstić information content (AvgIpc) is 2.64. The summed E-state index contributed by atoms with van der Waals surface area (Å²) in [5.74, 6) is 0.0223. The number of carbonyl (C=O) groups is 1. The van der Waals surface area contributed by atoms with Gasteiger partial charge in [0, 0.05) is 19.5 Å². The van der Waals surface area contributed by atoms with Crippen molar-refractivity contribution in [2.24, 2.45) is 0 Å². The summed E-state index contributed by atoms with van der Waals surface area (Å²) >= 11 is 0. The quantitative estimate of drug-likeness (QED) is 0.627. The number of hydrogen-bond donors (Lipinski definition) is 2. The Morgan fingerprint density at radius 1 is 0.923 bits per heavy atom. The van der Waals surface area contributed by atoms with E-state index in [0.717, 1.165) is 24.0 Å². The predicted octanol–water partition coefficient (Wildman–Crippen LogP) is 3.15. The van der Waals surface area contributed by atoms with Gasteiger partial charge in [-0.2, -0.15) is 0 Å². The molecule has 2 N–H and O–H groups in total. The number of unbranched alkanes of at least 4 members (excludes halogenated alkanes) is 2. The van der Waals surface area contributed by atoms with E-state index in [-0.39, 0.29) is 10.8 Å². The van der Waals surface area contributed by atoms with Gasteiger partial charge in [-0.1, -0.05) is 54.4 Å². The Hall–Kier alpha value is -2.18. The van der Waals surface area contributed by atoms with Crippen LogP contribution in [0.5, 0.6) is 0 Å². The van der Waals surface area contributed by atoms with Gasteiger partial charge in [0.25, 0.3) is 0 Å². The predicted molar refractivity (Wildman–Crippen MR) is 103 cm³/mol. The molecule has 0 aliphatic rings. The fourth-order valence-corrected chi connectivity index (χ4v) is 3.55. The second-order valence-electron chi connectivity index (χ2n) is 6.28. The summed E-state index contributed by atoms with van der Waals surface area (Å²) in [4.78, 5) is 12.1. The number of carbonyl (C=O) groups excluding carboxylic acids is 1. The van der Waals surface area contributed by atoms with Gasteiger partial charge in [0.05, 0.1) is 4.90 Å². The van der Waals surface area contributed by atoms with Crippen molar-refractivity contribution >= 4 is 15.9 Å². The van der Waals surface area contributed by atoms with Crippen LogP contribution in [-0.2, 0) is 21.4 Å². The van der Waals surface area contributed by atoms with Crippen molar-refractivity contribution in [2.45, 2.75) is 44.0 Å². The van der Waals surface area contributed by atoms with Gasteiger partial charge in [-0.25, -0.2) is 13.1 Å². The number of sulfonamides is 1. The molecule has 0 spiro atoms. The first-order chi connectivity index (χ1) is 12.5. The van der Waals surface area contributed by atoms with Crippen molar-refractivity contribution in [3.63, 3.8) is 0 Å². The van der Waals surface area contributed by atoms with Crippen LogP contribution in [0, 0.1) is 6.92 Å². The molecule has 1 amide bonds. The van der Waals surface area contributed by atoms with Crippen molar-refractivity contribution in [3.05, 3.63) is 65.7 Å². The minimum absolute atomic E-state index is 0.0223. The Balaban J connectivity index is 1.58. The lowest BCUT2D eigenvalue weighted by molar-refractivity contribution is -0.121. The van der Waals surface area contributed by atoms with E-state index in [9.17, 15) is 13.2 Å². The summed E-state index contributed by atoms with van der Waals surface area (Å²) in [6.45, 7) is 2.83. The Morgan fingerprint density at radius 2 is 1.62 bits per heavy atom. The highest BCUT2D eigenvalue weighted by Crippen LogP contribution is 2.10. The standard InChI is InChI=1S/C20H26N2O3S/c1-17-11-13-19(14-12-17)26(24,25)22-15-7-3-6-10-20(23)21-16-18-8-4-2-5-9-18/h2,4-5,8-9,11-14,22H,3,6-7,10,15-16H2,1H3,(H,21,23). The summed E-state index contributed by atoms with van der Waals surface area (Å²) in [5.41, 5.74) is 2.10. The van der Waals surface area contributed by atoms with Crippen LogP contribution in [0.2, 0.25) is 0 Å². The third-order valence-electron chi connectivity index (χ3n) is 4.04. The van der Waals surface area contributed by atoms with Crippen LogP contribution >= 0.6 is 0 Å². The molecule has 0 heterocycles. The zero-order valence-corrected chi connectivity index (χ0v) is 15.9. The van der Waals surface area contributed by atoms with Gasteiger partial charge in [0.1, 0.15) is 0 Å². The molecule has 6 heteroatoms. The molecule has 0 saturated carbocycles. The van der Waals surface area contributed by atoms with E-state index in [2.05, 4.69) is 10.0 Å². The van der Waals surface area contributed by atoms with Crippen molar-refractivity contribution in [3.8, 4) is 0 Å². The van der Waals surface area contributed by atoms with E-state index in [4.69, 9.17) is 0 Å². The van der Waals surface area contributed by atoms with Crippen LogP contribution in [0.25, 0.3) is 0 Å². The average molecular weight is 375 g/mol. The van der Waals surface area contributed by atoms with Gasteiger partial charge in [-0.3, -0.25) is 4.79 Å². The number of rotatable bonds is 10. The highest BCUT2D eigenvalue weighted by Gasteiger charge is 2.12. The Kier molecular flexibility index (Phi) is 7.81. The Morgan fingerprint density at radius 3 is 2.31 bits per heavy atom. The summed E-state index contributed by atoms with van der Waals surface area (Å²) in [6, 6.07) is 16.5. The molecule has 0 fully saturated rings. The third kappa shape index (κ3) is 6.98. The number of amides is 1. The molecule has 140 valence electrons. The lowest BCUT2D eigenvalue weighted by Crippen LogP contribution is -2.25. The summed E-state index contributed by atoms with van der Waals surface area (Å²) in [5, 5.41) is 2.89. The van der Waals surface area contributed by atoms with E-state index in [1.54, 1.807) is 24.3 Å². The van der Waals surface area contributed by atoms with Crippen LogP contribution in [-0.4, -0.2) is 20.9 Å². The summed E-state index contributed by atoms with van der Waals surface area (Å²) < 4.78 is 26.9. The molecule has 2 aromatic rings. The minimum Gasteiger partial charge on any atom is -0.352 e. The minimum atomic E-state index is -3.45. The first-order valence-electron chi connectivity index (χ1n) is 8.84. The van der Waals surface area contributed by atoms with E-state index < -0.39 is 10.0 Å². The highest BCUT2D eigenvalue weighted by molar-refractivity contribution is 7.89. The lowest BCUT2D eigenvalue weighted by atomic mass is 10.2. The van der Waals surface area contributed by atoms with Crippen molar-refractivity contribution in [1.82, 2.24) is 10.0 Å². The first kappa shape index (κ1) is 20.1. The number of hydrogen-bond acceptors (Lipinski definition) is 3. The highest BCUT2D eigenvalue weighted by atomic mass is 32.2. The monoisotopic (exact) mass is 374 g/mol. The smallest absolute Gasteiger partial charge is 0.240 e. The van der Waals surface area contributed by atoms with Gasteiger partial charge < -0.3 is 5.32 Å². The van der Waals surface area contributed by atoms with Gasteiger partial charge in [0.2, 0.25) is 15.9 Å². The van der Waals surface area contributed by atoms with Gasteiger partial charge >= 0.3 is 0 Å². The van der Waals surface area contributed by atoms with E-state index in [0.29, 0.717) is 25.9 Å². The molecule has 0 aliphatic carbocycles. The maximum absolute atomic E-state index is 12.1. The lowest BCUT2D eigenvalue weighted by Gasteiger charge is -2.07. The van der Waals surface area contributed by atoms with Gasteiger partial charge in [-0.05, 0) is 37.5 Å². The molecule has 0 aliphatic heterocycles. The molecular formula is C20H26N2O3S. The summed E-state index contributed by atoms with van der Waals surface area (Å²) in [6.07, 6.45) is 2.71. The third-order valence-corrected chi connectivity index (χ3v) is 5.51. The van der Waals surface area contributed by atoms with E-state index in [1.807, 2.05) is 37.3 Å². The molecule has 0 saturated heterocycles. The molecule has 2 rings (SSSR count). The van der Waals surface area contributed by atoms with Crippen LogP contribution in [0.3, 0.4) is 0 Å². The molecule has 2 aromatic carbocycles. The maximum atomic E-state index is 12.1. The SMILES string of the molecule is Cc1ccc(S(=O)(=O)NCCCCCC(=O)NCc2ccccc2)cc1. The van der Waals surface area contributed by atoms with Crippen molar-refractivity contribution < 1.29 is 13.2 Å². The fourth-order valence-electron chi connectivity index (χ4n) is 2.48. The zero-order chi connectivity index (χ0) is 18.8. The largest absolute Gasteiger partial charge is 0.352 e. The van der Waals surface area contributed by atoms with Crippen molar-refractivity contribution in [2.75, 3.05) is 6.54 Å². The molecule has 0 radical (unpaired) electrons. The van der Waals surface area contributed by atoms with Crippen LogP contribution < -0.4 is 10.0 Å². The number of aryl methyl sites for hydroxylation is 1. The summed E-state index contributed by atoms with van der Waals surface area (Å²) in [7, 11) is -3.45. The Bertz CT molecular complexity index is 788. The van der Waals surface area contributed by atoms with E-state index in [1.165, 1.54) is 0 Å². The first-order valence-corrected chi connectivity index (χ1v) is 10.3. The molecule has 0 aromatic heterocycles. The molecule has 5 nitrogen and oxygen atoms in total. The number of nitrogens with one attached hydrogen (secondary N) is 2. The van der Waals surface area contributed by atoms with Gasteiger partial charge in [0.15, 0.2) is 0 Å². The van der Waals surface area contributed by atoms with Crippen LogP contribution in [0.15, 0.2) is 59.5 Å². The molecule has 26 heavy (non-hydrogen) atoms. The number of benzene rings is 2. The maximum Gasteiger partial charge on any atom is 0.240 e.